The van der Waals surface area contributed by atoms with Gasteiger partial charge in [-0.15, -0.1) is 0 Å². The van der Waals surface area contributed by atoms with E-state index in [0.717, 1.165) is 4.70 Å². The van der Waals surface area contributed by atoms with Crippen LogP contribution in [0.15, 0.2) is 54.6 Å². The number of carboxylic acid groups (broad SMARTS) is 1. The molecule has 0 unspecified atom stereocenters. The van der Waals surface area contributed by atoms with Gasteiger partial charge in [-0.25, -0.2) is 9.78 Å². The van der Waals surface area contributed by atoms with Crippen molar-refractivity contribution in [3.8, 4) is 5.19 Å². The molecule has 1 saturated carbocycles. The van der Waals surface area contributed by atoms with Crippen LogP contribution in [0.2, 0.25) is 0 Å². The zero-order chi connectivity index (χ0) is 35.1. The first-order chi connectivity index (χ1) is 23.1. The first-order valence-electron chi connectivity index (χ1n) is 15.7. The molecule has 0 radical (unpaired) electrons. The number of anilines is 1. The summed E-state index contributed by atoms with van der Waals surface area (Å²) in [7, 11) is 0. The third-order valence-corrected chi connectivity index (χ3v) is 10.0. The van der Waals surface area contributed by atoms with E-state index in [-0.39, 0.29) is 37.1 Å². The first kappa shape index (κ1) is 34.5. The SMILES string of the molecule is O=C1N[C@]2(C(=O)O)C[C@H]2C=CCCCCC[C@H](Nc2cc(C(F)(F)F)cc(C(F)(F)F)c2)C(=O)N2C[C@H](Oc3nc4ccccc4s3)C[C@@H]12. The number of aromatic nitrogens is 1. The van der Waals surface area contributed by atoms with Crippen LogP contribution in [0.25, 0.3) is 10.2 Å². The molecule has 2 amide bonds. The maximum atomic E-state index is 14.3. The Balaban J connectivity index is 1.33. The van der Waals surface area contributed by atoms with Gasteiger partial charge >= 0.3 is 18.3 Å². The lowest BCUT2D eigenvalue weighted by atomic mass is 10.0. The smallest absolute Gasteiger partial charge is 0.416 e. The number of carbonyl (C=O) groups is 3. The van der Waals surface area contributed by atoms with Gasteiger partial charge in [0.25, 0.3) is 5.19 Å². The number of fused-ring (bicyclic) bond motifs is 3. The average molecular weight is 711 g/mol. The molecule has 262 valence electrons. The van der Waals surface area contributed by atoms with Gasteiger partial charge in [0.1, 0.15) is 23.7 Å². The lowest BCUT2D eigenvalue weighted by Crippen LogP contribution is -2.55. The van der Waals surface area contributed by atoms with Crippen molar-refractivity contribution < 1.29 is 50.6 Å². The number of rotatable bonds is 5. The fourth-order valence-corrected chi connectivity index (χ4v) is 7.31. The number of carbonyl (C=O) groups excluding carboxylic acids is 2. The Labute approximate surface area is 280 Å². The van der Waals surface area contributed by atoms with Crippen molar-refractivity contribution in [3.63, 3.8) is 0 Å². The number of alkyl halides is 6. The number of nitrogens with zero attached hydrogens (tertiary/aromatic N) is 2. The summed E-state index contributed by atoms with van der Waals surface area (Å²) in [6.07, 6.45) is -5.08. The number of hydrogen-bond acceptors (Lipinski definition) is 7. The Morgan fingerprint density at radius 3 is 2.43 bits per heavy atom. The number of benzene rings is 2. The zero-order valence-electron chi connectivity index (χ0n) is 25.8. The van der Waals surface area contributed by atoms with Gasteiger partial charge in [-0.1, -0.05) is 48.5 Å². The molecule has 49 heavy (non-hydrogen) atoms. The van der Waals surface area contributed by atoms with Crippen molar-refractivity contribution in [3.05, 3.63) is 65.7 Å². The molecule has 3 aromatic rings. The summed E-state index contributed by atoms with van der Waals surface area (Å²) < 4.78 is 88.8. The fraction of sp³-hybridized carbons (Fsp3) is 0.455. The maximum absolute atomic E-state index is 14.3. The van der Waals surface area contributed by atoms with Crippen molar-refractivity contribution in [1.82, 2.24) is 15.2 Å². The molecule has 2 aliphatic heterocycles. The molecule has 5 atom stereocenters. The molecule has 0 bridgehead atoms. The van der Waals surface area contributed by atoms with Crippen LogP contribution < -0.4 is 15.4 Å². The molecule has 9 nitrogen and oxygen atoms in total. The predicted molar refractivity (Wildman–Crippen MR) is 167 cm³/mol. The lowest BCUT2D eigenvalue weighted by molar-refractivity contribution is -0.145. The van der Waals surface area contributed by atoms with Gasteiger partial charge in [0.15, 0.2) is 0 Å². The average Bonchev–Trinajstić information content (AvgIpc) is 3.34. The molecule has 6 rings (SSSR count). The number of ether oxygens (including phenoxy) is 1. The molecule has 1 aromatic heterocycles. The van der Waals surface area contributed by atoms with Gasteiger partial charge in [-0.2, -0.15) is 26.3 Å². The summed E-state index contributed by atoms with van der Waals surface area (Å²) >= 11 is 1.25. The Kier molecular flexibility index (Phi) is 9.28. The van der Waals surface area contributed by atoms with Crippen molar-refractivity contribution in [1.29, 1.82) is 0 Å². The number of nitrogens with one attached hydrogen (secondary N) is 2. The highest BCUT2D eigenvalue weighted by molar-refractivity contribution is 7.20. The normalized spacial score (nSPS) is 26.7. The summed E-state index contributed by atoms with van der Waals surface area (Å²) in [4.78, 5) is 46.0. The number of aliphatic carboxylic acids is 1. The van der Waals surface area contributed by atoms with Crippen LogP contribution in [0.5, 0.6) is 5.19 Å². The van der Waals surface area contributed by atoms with Gasteiger partial charge in [0.05, 0.1) is 27.9 Å². The summed E-state index contributed by atoms with van der Waals surface area (Å²) in [5, 5.41) is 15.6. The maximum Gasteiger partial charge on any atom is 0.416 e. The molecule has 2 aromatic carbocycles. The molecule has 2 fully saturated rings. The van der Waals surface area contributed by atoms with Gasteiger partial charge < -0.3 is 25.4 Å². The largest absolute Gasteiger partial charge is 0.479 e. The molecular formula is C33H32F6N4O5S. The van der Waals surface area contributed by atoms with E-state index in [1.807, 2.05) is 18.2 Å². The molecular weight excluding hydrogens is 678 g/mol. The summed E-state index contributed by atoms with van der Waals surface area (Å²) in [5.41, 5.74) is -4.54. The van der Waals surface area contributed by atoms with Crippen molar-refractivity contribution >= 4 is 45.0 Å². The topological polar surface area (TPSA) is 121 Å². The van der Waals surface area contributed by atoms with Gasteiger partial charge in [-0.3, -0.25) is 9.59 Å². The third-order valence-electron chi connectivity index (χ3n) is 9.09. The summed E-state index contributed by atoms with van der Waals surface area (Å²) in [6, 6.07) is 5.73. The van der Waals surface area contributed by atoms with E-state index in [0.29, 0.717) is 43.3 Å². The quantitative estimate of drug-likeness (QED) is 0.201. The number of amides is 2. The molecule has 0 spiro atoms. The van der Waals surface area contributed by atoms with Crippen LogP contribution in [0.1, 0.15) is 56.1 Å². The van der Waals surface area contributed by atoms with Gasteiger partial charge in [-0.05, 0) is 56.0 Å². The van der Waals surface area contributed by atoms with Gasteiger partial charge in [0, 0.05) is 18.0 Å². The van der Waals surface area contributed by atoms with E-state index < -0.39 is 76.6 Å². The minimum Gasteiger partial charge on any atom is -0.479 e. The highest BCUT2D eigenvalue weighted by Crippen LogP contribution is 2.46. The standard InChI is InChI=1S/C33H32F6N4O5S/c34-32(35,36)19-12-20(33(37,38)39)14-21(13-19)40-24-10-5-3-1-2-4-8-18-16-31(18,29(46)47)42-27(44)25-15-22(17-43(25)28(24)45)48-30-41-23-9-6-7-11-26(23)49-30/h4,6-9,11-14,18,22,24-25,40H,1-3,5,10,15-17H2,(H,42,44)(H,46,47)/t18-,22-,24+,25+,31-/m1/s1. The first-order valence-corrected chi connectivity index (χ1v) is 16.6. The van der Waals surface area contributed by atoms with Crippen LogP contribution in [-0.2, 0) is 26.7 Å². The highest BCUT2D eigenvalue weighted by atomic mass is 32.1. The van der Waals surface area contributed by atoms with Crippen molar-refractivity contribution in [2.75, 3.05) is 11.9 Å². The molecule has 3 aliphatic rings. The predicted octanol–water partition coefficient (Wildman–Crippen LogP) is 6.64. The second-order valence-corrected chi connectivity index (χ2v) is 13.6. The van der Waals surface area contributed by atoms with E-state index in [9.17, 15) is 45.8 Å². The number of halogens is 6. The zero-order valence-corrected chi connectivity index (χ0v) is 26.6. The van der Waals surface area contributed by atoms with E-state index in [1.54, 1.807) is 18.2 Å². The van der Waals surface area contributed by atoms with E-state index >= 15 is 0 Å². The number of para-hydroxylation sites is 1. The van der Waals surface area contributed by atoms with Gasteiger partial charge in [0.2, 0.25) is 11.8 Å². The second kappa shape index (κ2) is 13.2. The van der Waals surface area contributed by atoms with Crippen LogP contribution >= 0.6 is 11.3 Å². The minimum atomic E-state index is -5.10. The Hall–Kier alpha value is -4.34. The summed E-state index contributed by atoms with van der Waals surface area (Å²) in [5.74, 6) is -3.19. The van der Waals surface area contributed by atoms with Crippen molar-refractivity contribution in [2.24, 2.45) is 5.92 Å². The van der Waals surface area contributed by atoms with E-state index in [2.05, 4.69) is 15.6 Å². The molecule has 1 saturated heterocycles. The Bertz CT molecular complexity index is 1710. The molecule has 3 heterocycles. The highest BCUT2D eigenvalue weighted by Gasteiger charge is 2.61. The number of allylic oxidation sites excluding steroid dienone is 1. The van der Waals surface area contributed by atoms with Crippen LogP contribution in [0.4, 0.5) is 32.0 Å². The number of thiazole rings is 1. The van der Waals surface area contributed by atoms with E-state index in [1.165, 1.54) is 16.2 Å². The third kappa shape index (κ3) is 7.48. The molecule has 3 N–H and O–H groups in total. The number of carboxylic acids is 1. The fourth-order valence-electron chi connectivity index (χ4n) is 6.43. The summed E-state index contributed by atoms with van der Waals surface area (Å²) in [6.45, 7) is -0.162. The molecule has 16 heteroatoms. The van der Waals surface area contributed by atoms with E-state index in [4.69, 9.17) is 4.74 Å². The Morgan fingerprint density at radius 2 is 1.76 bits per heavy atom. The van der Waals surface area contributed by atoms with Crippen LogP contribution in [0, 0.1) is 5.92 Å². The van der Waals surface area contributed by atoms with Crippen molar-refractivity contribution in [2.45, 2.75) is 81.0 Å². The monoisotopic (exact) mass is 710 g/mol. The molecule has 1 aliphatic carbocycles. The van der Waals surface area contributed by atoms with Crippen LogP contribution in [0.3, 0.4) is 0 Å². The second-order valence-electron chi connectivity index (χ2n) is 12.6. The van der Waals surface area contributed by atoms with Crippen LogP contribution in [-0.4, -0.2) is 63.0 Å². The number of hydrogen-bond donors (Lipinski definition) is 3. The lowest BCUT2D eigenvalue weighted by Gasteiger charge is -2.30. The Morgan fingerprint density at radius 1 is 1.04 bits per heavy atom. The minimum absolute atomic E-state index is 0.00519.